The molecule has 0 unspecified atom stereocenters. The van der Waals surface area contributed by atoms with Gasteiger partial charge in [-0.05, 0) is 42.8 Å². The Kier molecular flexibility index (Phi) is 6.50. The zero-order valence-corrected chi connectivity index (χ0v) is 13.4. The van der Waals surface area contributed by atoms with Gasteiger partial charge in [-0.1, -0.05) is 12.1 Å². The Morgan fingerprint density at radius 2 is 1.96 bits per heavy atom. The van der Waals surface area contributed by atoms with Gasteiger partial charge < -0.3 is 20.1 Å². The van der Waals surface area contributed by atoms with E-state index in [1.807, 2.05) is 0 Å². The lowest BCUT2D eigenvalue weighted by atomic mass is 10.2. The van der Waals surface area contributed by atoms with Crippen molar-refractivity contribution < 1.29 is 27.4 Å². The van der Waals surface area contributed by atoms with Crippen LogP contribution in [0, 0.1) is 5.82 Å². The van der Waals surface area contributed by atoms with E-state index in [4.69, 9.17) is 4.74 Å². The Balaban J connectivity index is 1.97. The maximum Gasteiger partial charge on any atom is 0.387 e. The van der Waals surface area contributed by atoms with E-state index in [-0.39, 0.29) is 24.7 Å². The lowest BCUT2D eigenvalue weighted by molar-refractivity contribution is -0.0514. The zero-order valence-electron chi connectivity index (χ0n) is 13.4. The summed E-state index contributed by atoms with van der Waals surface area (Å²) in [5.74, 6) is -0.383. The molecule has 0 aromatic heterocycles. The second-order valence-electron chi connectivity index (χ2n) is 4.91. The Morgan fingerprint density at radius 3 is 2.64 bits per heavy atom. The lowest BCUT2D eigenvalue weighted by Gasteiger charge is -2.13. The van der Waals surface area contributed by atoms with E-state index in [0.29, 0.717) is 11.3 Å². The summed E-state index contributed by atoms with van der Waals surface area (Å²) in [6.45, 7) is -0.851. The third-order valence-corrected chi connectivity index (χ3v) is 3.06. The summed E-state index contributed by atoms with van der Waals surface area (Å²) in [6, 6.07) is 9.32. The standard InChI is InChI=1S/C17H17F3N2O3/c1-2-24-15-8-11(6-7-14(15)25-16(19)20)10-21-17(23)22-13-5-3-4-12(18)9-13/h3-9,16H,2,10H2,1H3,(H2,21,22,23). The van der Waals surface area contributed by atoms with Gasteiger partial charge in [0.2, 0.25) is 0 Å². The van der Waals surface area contributed by atoms with Gasteiger partial charge in [0, 0.05) is 12.2 Å². The van der Waals surface area contributed by atoms with Gasteiger partial charge in [-0.15, -0.1) is 0 Å². The summed E-state index contributed by atoms with van der Waals surface area (Å²) in [5.41, 5.74) is 0.938. The van der Waals surface area contributed by atoms with Gasteiger partial charge in [0.1, 0.15) is 5.82 Å². The number of amides is 2. The summed E-state index contributed by atoms with van der Waals surface area (Å²) in [7, 11) is 0. The Bertz CT molecular complexity index is 726. The Hall–Kier alpha value is -2.90. The van der Waals surface area contributed by atoms with Crippen molar-refractivity contribution in [3.63, 3.8) is 0 Å². The van der Waals surface area contributed by atoms with E-state index in [1.54, 1.807) is 13.0 Å². The molecule has 25 heavy (non-hydrogen) atoms. The quantitative estimate of drug-likeness (QED) is 0.785. The summed E-state index contributed by atoms with van der Waals surface area (Å²) < 4.78 is 47.4. The smallest absolute Gasteiger partial charge is 0.387 e. The van der Waals surface area contributed by atoms with Crippen LogP contribution in [0.3, 0.4) is 0 Å². The second-order valence-corrected chi connectivity index (χ2v) is 4.91. The van der Waals surface area contributed by atoms with Gasteiger partial charge in [0.15, 0.2) is 11.5 Å². The summed E-state index contributed by atoms with van der Waals surface area (Å²) in [4.78, 5) is 11.8. The molecule has 0 heterocycles. The van der Waals surface area contributed by atoms with Crippen molar-refractivity contribution in [3.8, 4) is 11.5 Å². The zero-order chi connectivity index (χ0) is 18.2. The molecule has 2 rings (SSSR count). The number of halogens is 3. The summed E-state index contributed by atoms with van der Waals surface area (Å²) in [5, 5.41) is 5.06. The van der Waals surface area contributed by atoms with Gasteiger partial charge in [-0.3, -0.25) is 0 Å². The molecular weight excluding hydrogens is 337 g/mol. The first-order valence-corrected chi connectivity index (χ1v) is 7.49. The number of carbonyl (C=O) groups is 1. The number of urea groups is 1. The van der Waals surface area contributed by atoms with Crippen LogP contribution < -0.4 is 20.1 Å². The molecule has 0 aliphatic rings. The fraction of sp³-hybridized carbons (Fsp3) is 0.235. The average Bonchev–Trinajstić information content (AvgIpc) is 2.55. The topological polar surface area (TPSA) is 59.6 Å². The number of nitrogens with one attached hydrogen (secondary N) is 2. The molecule has 134 valence electrons. The summed E-state index contributed by atoms with van der Waals surface area (Å²) >= 11 is 0. The molecule has 8 heteroatoms. The lowest BCUT2D eigenvalue weighted by Crippen LogP contribution is -2.28. The Labute approximate surface area is 142 Å². The van der Waals surface area contributed by atoms with E-state index in [9.17, 15) is 18.0 Å². The number of anilines is 1. The molecule has 0 saturated heterocycles. The molecule has 0 spiro atoms. The van der Waals surface area contributed by atoms with Crippen molar-refractivity contribution >= 4 is 11.7 Å². The van der Waals surface area contributed by atoms with Crippen LogP contribution in [-0.2, 0) is 6.54 Å². The first kappa shape index (κ1) is 18.4. The molecule has 0 atom stereocenters. The van der Waals surface area contributed by atoms with Gasteiger partial charge >= 0.3 is 12.6 Å². The number of rotatable bonds is 7. The van der Waals surface area contributed by atoms with E-state index in [0.717, 1.165) is 0 Å². The highest BCUT2D eigenvalue weighted by molar-refractivity contribution is 5.89. The minimum atomic E-state index is -2.96. The fourth-order valence-corrected chi connectivity index (χ4v) is 2.05. The third-order valence-electron chi connectivity index (χ3n) is 3.06. The van der Waals surface area contributed by atoms with Crippen LogP contribution in [0.4, 0.5) is 23.7 Å². The number of alkyl halides is 2. The van der Waals surface area contributed by atoms with Crippen molar-refractivity contribution in [1.29, 1.82) is 0 Å². The van der Waals surface area contributed by atoms with Crippen LogP contribution in [0.15, 0.2) is 42.5 Å². The van der Waals surface area contributed by atoms with E-state index < -0.39 is 18.5 Å². The molecule has 2 aromatic rings. The average molecular weight is 354 g/mol. The molecule has 5 nitrogen and oxygen atoms in total. The van der Waals surface area contributed by atoms with Crippen LogP contribution in [0.5, 0.6) is 11.5 Å². The highest BCUT2D eigenvalue weighted by Gasteiger charge is 2.12. The van der Waals surface area contributed by atoms with Gasteiger partial charge in [-0.25, -0.2) is 9.18 Å². The van der Waals surface area contributed by atoms with Crippen molar-refractivity contribution in [2.45, 2.75) is 20.1 Å². The van der Waals surface area contributed by atoms with E-state index >= 15 is 0 Å². The van der Waals surface area contributed by atoms with Crippen molar-refractivity contribution in [1.82, 2.24) is 5.32 Å². The fourth-order valence-electron chi connectivity index (χ4n) is 2.05. The number of benzene rings is 2. The molecule has 0 radical (unpaired) electrons. The minimum Gasteiger partial charge on any atom is -0.490 e. The van der Waals surface area contributed by atoms with Crippen molar-refractivity contribution in [2.24, 2.45) is 0 Å². The largest absolute Gasteiger partial charge is 0.490 e. The van der Waals surface area contributed by atoms with Crippen molar-refractivity contribution in [3.05, 3.63) is 53.8 Å². The SMILES string of the molecule is CCOc1cc(CNC(=O)Nc2cccc(F)c2)ccc1OC(F)F. The monoisotopic (exact) mass is 354 g/mol. The van der Waals surface area contributed by atoms with Crippen molar-refractivity contribution in [2.75, 3.05) is 11.9 Å². The van der Waals surface area contributed by atoms with Gasteiger partial charge in [-0.2, -0.15) is 8.78 Å². The van der Waals surface area contributed by atoms with Crippen LogP contribution in [0.2, 0.25) is 0 Å². The number of hydrogen-bond acceptors (Lipinski definition) is 3. The molecule has 2 amide bonds. The third kappa shape index (κ3) is 5.91. The molecule has 0 bridgehead atoms. The maximum absolute atomic E-state index is 13.1. The molecule has 2 N–H and O–H groups in total. The normalized spacial score (nSPS) is 10.4. The maximum atomic E-state index is 13.1. The minimum absolute atomic E-state index is 0.0789. The predicted molar refractivity (Wildman–Crippen MR) is 86.5 cm³/mol. The first-order chi connectivity index (χ1) is 12.0. The molecule has 0 fully saturated rings. The molecule has 0 aliphatic heterocycles. The Morgan fingerprint density at radius 1 is 1.16 bits per heavy atom. The molecular formula is C17H17F3N2O3. The molecule has 2 aromatic carbocycles. The molecule has 0 saturated carbocycles. The highest BCUT2D eigenvalue weighted by Crippen LogP contribution is 2.29. The molecule has 0 aliphatic carbocycles. The number of hydrogen-bond donors (Lipinski definition) is 2. The summed E-state index contributed by atoms with van der Waals surface area (Å²) in [6.07, 6.45) is 0. The van der Waals surface area contributed by atoms with Crippen LogP contribution in [-0.4, -0.2) is 19.2 Å². The van der Waals surface area contributed by atoms with Crippen LogP contribution in [0.1, 0.15) is 12.5 Å². The van der Waals surface area contributed by atoms with E-state index in [2.05, 4.69) is 15.4 Å². The van der Waals surface area contributed by atoms with Crippen LogP contribution >= 0.6 is 0 Å². The second kappa shape index (κ2) is 8.81. The number of ether oxygens (including phenoxy) is 2. The van der Waals surface area contributed by atoms with Gasteiger partial charge in [0.05, 0.1) is 6.61 Å². The van der Waals surface area contributed by atoms with Gasteiger partial charge in [0.25, 0.3) is 0 Å². The first-order valence-electron chi connectivity index (χ1n) is 7.49. The predicted octanol–water partition coefficient (Wildman–Crippen LogP) is 4.15. The highest BCUT2D eigenvalue weighted by atomic mass is 19.3. The van der Waals surface area contributed by atoms with Crippen LogP contribution in [0.25, 0.3) is 0 Å². The van der Waals surface area contributed by atoms with E-state index in [1.165, 1.54) is 36.4 Å². The number of carbonyl (C=O) groups excluding carboxylic acids is 1.